The second-order valence-electron chi connectivity index (χ2n) is 5.23. The van der Waals surface area contributed by atoms with Gasteiger partial charge in [0, 0.05) is 19.3 Å². The Balaban J connectivity index is 1.67. The van der Waals surface area contributed by atoms with E-state index in [0.29, 0.717) is 6.54 Å². The molecule has 0 amide bonds. The minimum atomic E-state index is -0.333. The largest absolute Gasteiger partial charge is 0.390 e. The second kappa shape index (κ2) is 6.71. The summed E-state index contributed by atoms with van der Waals surface area (Å²) in [7, 11) is 0. The van der Waals surface area contributed by atoms with E-state index in [1.54, 1.807) is 6.20 Å². The van der Waals surface area contributed by atoms with E-state index in [1.807, 2.05) is 18.2 Å². The maximum atomic E-state index is 10.00. The van der Waals surface area contributed by atoms with Crippen molar-refractivity contribution < 1.29 is 5.11 Å². The number of β-amino-alcohol motifs (C(OH)–C–C–N with tert-alkyl or cyclic N) is 1. The summed E-state index contributed by atoms with van der Waals surface area (Å²) in [4.78, 5) is 6.52. The van der Waals surface area contributed by atoms with Crippen LogP contribution in [0.5, 0.6) is 0 Å². The summed E-state index contributed by atoms with van der Waals surface area (Å²) in [6.45, 7) is 5.84. The number of nitrogens with zero attached hydrogens (tertiary/aromatic N) is 2. The molecule has 100 valence electrons. The summed E-state index contributed by atoms with van der Waals surface area (Å²) in [6.07, 6.45) is 3.92. The highest BCUT2D eigenvalue weighted by molar-refractivity contribution is 5.33. The number of nitrogens with one attached hydrogen (secondary N) is 1. The van der Waals surface area contributed by atoms with Gasteiger partial charge in [-0.2, -0.15) is 0 Å². The molecular formula is C14H23N3O. The fourth-order valence-electron chi connectivity index (χ4n) is 2.30. The van der Waals surface area contributed by atoms with Crippen LogP contribution < -0.4 is 5.32 Å². The Morgan fingerprint density at radius 1 is 1.44 bits per heavy atom. The third kappa shape index (κ3) is 4.27. The van der Waals surface area contributed by atoms with Gasteiger partial charge in [-0.15, -0.1) is 0 Å². The number of pyridine rings is 1. The van der Waals surface area contributed by atoms with E-state index in [0.717, 1.165) is 31.4 Å². The highest BCUT2D eigenvalue weighted by Crippen LogP contribution is 2.15. The molecule has 4 nitrogen and oxygen atoms in total. The average molecular weight is 249 g/mol. The third-order valence-electron chi connectivity index (χ3n) is 3.53. The van der Waals surface area contributed by atoms with Crippen molar-refractivity contribution in [2.24, 2.45) is 5.92 Å². The van der Waals surface area contributed by atoms with E-state index in [9.17, 15) is 5.11 Å². The van der Waals surface area contributed by atoms with Gasteiger partial charge in [-0.3, -0.25) is 0 Å². The fraction of sp³-hybridized carbons (Fsp3) is 0.643. The van der Waals surface area contributed by atoms with Gasteiger partial charge in [0.1, 0.15) is 5.82 Å². The molecule has 0 bridgehead atoms. The number of aliphatic hydroxyl groups is 1. The summed E-state index contributed by atoms with van der Waals surface area (Å²) in [5, 5.41) is 13.2. The maximum Gasteiger partial charge on any atom is 0.125 e. The van der Waals surface area contributed by atoms with Crippen LogP contribution in [0.25, 0.3) is 0 Å². The Morgan fingerprint density at radius 2 is 2.22 bits per heavy atom. The van der Waals surface area contributed by atoms with Crippen LogP contribution in [0.2, 0.25) is 0 Å². The monoisotopic (exact) mass is 249 g/mol. The lowest BCUT2D eigenvalue weighted by atomic mass is 9.99. The minimum Gasteiger partial charge on any atom is -0.390 e. The smallest absolute Gasteiger partial charge is 0.125 e. The number of aromatic nitrogens is 1. The average Bonchev–Trinajstić information content (AvgIpc) is 2.40. The zero-order valence-electron chi connectivity index (χ0n) is 11.0. The Labute approximate surface area is 109 Å². The molecule has 1 saturated heterocycles. The number of likely N-dealkylation sites (tertiary alicyclic amines) is 1. The molecule has 0 spiro atoms. The third-order valence-corrected chi connectivity index (χ3v) is 3.53. The summed E-state index contributed by atoms with van der Waals surface area (Å²) in [5.41, 5.74) is 0. The van der Waals surface area contributed by atoms with Crippen molar-refractivity contribution in [2.75, 3.05) is 31.5 Å². The first-order valence-electron chi connectivity index (χ1n) is 6.79. The first-order valence-corrected chi connectivity index (χ1v) is 6.79. The molecule has 1 fully saturated rings. The van der Waals surface area contributed by atoms with Gasteiger partial charge < -0.3 is 15.3 Å². The van der Waals surface area contributed by atoms with Crippen LogP contribution >= 0.6 is 0 Å². The molecule has 0 aliphatic carbocycles. The zero-order chi connectivity index (χ0) is 12.8. The van der Waals surface area contributed by atoms with Gasteiger partial charge in [-0.25, -0.2) is 4.98 Å². The van der Waals surface area contributed by atoms with E-state index in [2.05, 4.69) is 22.1 Å². The van der Waals surface area contributed by atoms with Gasteiger partial charge in [-0.05, 0) is 44.0 Å². The molecule has 18 heavy (non-hydrogen) atoms. The molecule has 0 saturated carbocycles. The van der Waals surface area contributed by atoms with Crippen molar-refractivity contribution in [1.82, 2.24) is 9.88 Å². The van der Waals surface area contributed by atoms with Crippen LogP contribution in [0.1, 0.15) is 19.8 Å². The van der Waals surface area contributed by atoms with Crippen LogP contribution in [-0.4, -0.2) is 47.3 Å². The lowest BCUT2D eigenvalue weighted by Crippen LogP contribution is -2.40. The van der Waals surface area contributed by atoms with E-state index < -0.39 is 0 Å². The predicted octanol–water partition coefficient (Wildman–Crippen LogP) is 1.59. The number of hydrogen-bond acceptors (Lipinski definition) is 4. The molecule has 1 aliphatic heterocycles. The summed E-state index contributed by atoms with van der Waals surface area (Å²) < 4.78 is 0. The standard InChI is InChI=1S/C14H23N3O/c1-12-5-8-17(9-6-12)11-13(18)10-16-14-4-2-3-7-15-14/h2-4,7,12-13,18H,5-6,8-11H2,1H3,(H,15,16)/t13-/m1/s1. The van der Waals surface area contributed by atoms with Crippen molar-refractivity contribution in [3.63, 3.8) is 0 Å². The molecule has 0 aromatic carbocycles. The number of piperidine rings is 1. The number of anilines is 1. The van der Waals surface area contributed by atoms with Gasteiger partial charge >= 0.3 is 0 Å². The van der Waals surface area contributed by atoms with Gasteiger partial charge in [0.2, 0.25) is 0 Å². The molecule has 1 aromatic heterocycles. The van der Waals surface area contributed by atoms with Crippen molar-refractivity contribution in [3.8, 4) is 0 Å². The Morgan fingerprint density at radius 3 is 2.89 bits per heavy atom. The van der Waals surface area contributed by atoms with E-state index in [4.69, 9.17) is 0 Å². The van der Waals surface area contributed by atoms with Gasteiger partial charge in [0.25, 0.3) is 0 Å². The lowest BCUT2D eigenvalue weighted by molar-refractivity contribution is 0.0989. The summed E-state index contributed by atoms with van der Waals surface area (Å²) in [6, 6.07) is 5.74. The van der Waals surface area contributed by atoms with Crippen molar-refractivity contribution in [3.05, 3.63) is 24.4 Å². The number of aliphatic hydroxyl groups excluding tert-OH is 1. The van der Waals surface area contributed by atoms with Crippen molar-refractivity contribution in [1.29, 1.82) is 0 Å². The predicted molar refractivity (Wildman–Crippen MR) is 73.6 cm³/mol. The zero-order valence-corrected chi connectivity index (χ0v) is 11.0. The van der Waals surface area contributed by atoms with Crippen LogP contribution in [-0.2, 0) is 0 Å². The van der Waals surface area contributed by atoms with Gasteiger partial charge in [0.15, 0.2) is 0 Å². The molecule has 0 unspecified atom stereocenters. The molecule has 1 atom stereocenters. The maximum absolute atomic E-state index is 10.00. The molecule has 2 rings (SSSR count). The van der Waals surface area contributed by atoms with Crippen LogP contribution in [0.3, 0.4) is 0 Å². The Hall–Kier alpha value is -1.13. The Kier molecular flexibility index (Phi) is 4.96. The first kappa shape index (κ1) is 13.3. The molecule has 1 aliphatic rings. The lowest BCUT2D eigenvalue weighted by Gasteiger charge is -2.31. The topological polar surface area (TPSA) is 48.4 Å². The van der Waals surface area contributed by atoms with E-state index in [-0.39, 0.29) is 6.10 Å². The van der Waals surface area contributed by atoms with E-state index in [1.165, 1.54) is 12.8 Å². The van der Waals surface area contributed by atoms with Crippen LogP contribution in [0, 0.1) is 5.92 Å². The van der Waals surface area contributed by atoms with E-state index >= 15 is 0 Å². The normalized spacial score (nSPS) is 19.7. The number of rotatable bonds is 5. The molecule has 0 radical (unpaired) electrons. The molecule has 4 heteroatoms. The highest BCUT2D eigenvalue weighted by atomic mass is 16.3. The van der Waals surface area contributed by atoms with Crippen LogP contribution in [0.15, 0.2) is 24.4 Å². The summed E-state index contributed by atoms with van der Waals surface area (Å²) >= 11 is 0. The summed E-state index contributed by atoms with van der Waals surface area (Å²) in [5.74, 6) is 1.66. The molecule has 1 aromatic rings. The quantitative estimate of drug-likeness (QED) is 0.832. The van der Waals surface area contributed by atoms with Crippen molar-refractivity contribution >= 4 is 5.82 Å². The second-order valence-corrected chi connectivity index (χ2v) is 5.23. The minimum absolute atomic E-state index is 0.333. The molecule has 2 N–H and O–H groups in total. The van der Waals surface area contributed by atoms with Crippen LogP contribution in [0.4, 0.5) is 5.82 Å². The molecular weight excluding hydrogens is 226 g/mol. The van der Waals surface area contributed by atoms with Crippen molar-refractivity contribution in [2.45, 2.75) is 25.9 Å². The fourth-order valence-corrected chi connectivity index (χ4v) is 2.30. The first-order chi connectivity index (χ1) is 8.74. The Bertz CT molecular complexity index is 336. The number of hydrogen-bond donors (Lipinski definition) is 2. The molecule has 2 heterocycles. The van der Waals surface area contributed by atoms with Gasteiger partial charge in [0.05, 0.1) is 6.10 Å². The highest BCUT2D eigenvalue weighted by Gasteiger charge is 2.18. The van der Waals surface area contributed by atoms with Gasteiger partial charge in [-0.1, -0.05) is 13.0 Å². The SMILES string of the molecule is CC1CCN(C[C@H](O)CNc2ccccn2)CC1.